The Morgan fingerprint density at radius 3 is 2.55 bits per heavy atom. The number of amides is 2. The molecule has 6 heteroatoms. The van der Waals surface area contributed by atoms with Gasteiger partial charge in [0.2, 0.25) is 0 Å². The molecule has 5 nitrogen and oxygen atoms in total. The second kappa shape index (κ2) is 5.35. The lowest BCUT2D eigenvalue weighted by molar-refractivity contribution is 0.0642. The van der Waals surface area contributed by atoms with E-state index in [4.69, 9.17) is 22.1 Å². The summed E-state index contributed by atoms with van der Waals surface area (Å²) in [4.78, 5) is 26.1. The monoisotopic (exact) mass is 316 g/mol. The van der Waals surface area contributed by atoms with Crippen LogP contribution in [0, 0.1) is 0 Å². The van der Waals surface area contributed by atoms with Crippen molar-refractivity contribution in [2.75, 3.05) is 12.8 Å². The van der Waals surface area contributed by atoms with E-state index in [0.29, 0.717) is 5.75 Å². The summed E-state index contributed by atoms with van der Waals surface area (Å²) in [6, 6.07) is 10.2. The molecule has 0 radical (unpaired) electrons. The van der Waals surface area contributed by atoms with Gasteiger partial charge in [0.15, 0.2) is 0 Å². The summed E-state index contributed by atoms with van der Waals surface area (Å²) >= 11 is 6.04. The molecule has 22 heavy (non-hydrogen) atoms. The van der Waals surface area contributed by atoms with Gasteiger partial charge in [-0.25, -0.2) is 0 Å². The summed E-state index contributed by atoms with van der Waals surface area (Å²) in [7, 11) is 1.56. The van der Waals surface area contributed by atoms with Crippen molar-refractivity contribution < 1.29 is 14.3 Å². The molecular weight excluding hydrogens is 304 g/mol. The first-order valence-electron chi connectivity index (χ1n) is 6.60. The van der Waals surface area contributed by atoms with Crippen molar-refractivity contribution in [2.24, 2.45) is 0 Å². The Hall–Kier alpha value is -2.53. The lowest BCUT2D eigenvalue weighted by Crippen LogP contribution is -2.29. The number of fused-ring (bicyclic) bond motifs is 1. The molecule has 2 amide bonds. The summed E-state index contributed by atoms with van der Waals surface area (Å²) in [5, 5.41) is 0.232. The average Bonchev–Trinajstić information content (AvgIpc) is 2.77. The molecule has 1 aliphatic heterocycles. The number of ether oxygens (including phenoxy) is 1. The summed E-state index contributed by atoms with van der Waals surface area (Å²) in [5.74, 6) is -0.199. The van der Waals surface area contributed by atoms with Gasteiger partial charge in [-0.2, -0.15) is 0 Å². The van der Waals surface area contributed by atoms with Crippen molar-refractivity contribution in [3.05, 3.63) is 58.1 Å². The Balaban J connectivity index is 1.97. The SMILES string of the molecule is COc1cccc(CN2C(=O)c3c(N)ccc(Cl)c3C2=O)c1. The van der Waals surface area contributed by atoms with E-state index in [0.717, 1.165) is 10.5 Å². The fourth-order valence-electron chi connectivity index (χ4n) is 2.49. The number of nitrogens with two attached hydrogens (primary N) is 1. The number of rotatable bonds is 3. The molecule has 1 heterocycles. The molecule has 0 saturated heterocycles. The van der Waals surface area contributed by atoms with Crippen LogP contribution in [0.2, 0.25) is 5.02 Å². The maximum atomic E-state index is 12.5. The van der Waals surface area contributed by atoms with Gasteiger partial charge in [-0.15, -0.1) is 0 Å². The first-order valence-corrected chi connectivity index (χ1v) is 6.98. The van der Waals surface area contributed by atoms with E-state index in [-0.39, 0.29) is 28.4 Å². The third kappa shape index (κ3) is 2.19. The molecule has 112 valence electrons. The molecule has 2 N–H and O–H groups in total. The van der Waals surface area contributed by atoms with E-state index in [1.54, 1.807) is 25.3 Å². The van der Waals surface area contributed by atoms with Gasteiger partial charge in [-0.3, -0.25) is 14.5 Å². The van der Waals surface area contributed by atoms with Gasteiger partial charge in [0, 0.05) is 5.69 Å². The first kappa shape index (κ1) is 14.4. The largest absolute Gasteiger partial charge is 0.497 e. The zero-order valence-corrected chi connectivity index (χ0v) is 12.6. The summed E-state index contributed by atoms with van der Waals surface area (Å²) in [6.07, 6.45) is 0. The zero-order chi connectivity index (χ0) is 15.9. The quantitative estimate of drug-likeness (QED) is 0.698. The Morgan fingerprint density at radius 2 is 1.86 bits per heavy atom. The highest BCUT2D eigenvalue weighted by Gasteiger charge is 2.38. The number of hydrogen-bond donors (Lipinski definition) is 1. The van der Waals surface area contributed by atoms with Crippen LogP contribution in [0.5, 0.6) is 5.75 Å². The Bertz CT molecular complexity index is 748. The van der Waals surface area contributed by atoms with Crippen LogP contribution < -0.4 is 10.5 Å². The van der Waals surface area contributed by atoms with Gasteiger partial charge < -0.3 is 10.5 Å². The molecule has 0 fully saturated rings. The molecule has 0 spiro atoms. The Labute approximate surface area is 132 Å². The minimum Gasteiger partial charge on any atom is -0.497 e. The maximum Gasteiger partial charge on any atom is 0.264 e. The first-order chi connectivity index (χ1) is 10.5. The predicted molar refractivity (Wildman–Crippen MR) is 83.1 cm³/mol. The smallest absolute Gasteiger partial charge is 0.264 e. The summed E-state index contributed by atoms with van der Waals surface area (Å²) in [6.45, 7) is 0.138. The van der Waals surface area contributed by atoms with Crippen molar-refractivity contribution in [1.29, 1.82) is 0 Å². The normalized spacial score (nSPS) is 13.5. The summed E-state index contributed by atoms with van der Waals surface area (Å²) in [5.41, 5.74) is 7.21. The molecule has 0 aliphatic carbocycles. The maximum absolute atomic E-state index is 12.5. The Morgan fingerprint density at radius 1 is 1.14 bits per heavy atom. The highest BCUT2D eigenvalue weighted by Crippen LogP contribution is 2.34. The second-order valence-corrected chi connectivity index (χ2v) is 5.34. The lowest BCUT2D eigenvalue weighted by atomic mass is 10.1. The number of anilines is 1. The average molecular weight is 317 g/mol. The number of methoxy groups -OCH3 is 1. The highest BCUT2D eigenvalue weighted by atomic mass is 35.5. The fourth-order valence-corrected chi connectivity index (χ4v) is 2.73. The number of halogens is 1. The number of hydrogen-bond acceptors (Lipinski definition) is 4. The number of nitrogens with zero attached hydrogens (tertiary/aromatic N) is 1. The Kier molecular flexibility index (Phi) is 3.50. The van der Waals surface area contributed by atoms with E-state index in [1.807, 2.05) is 6.07 Å². The second-order valence-electron chi connectivity index (χ2n) is 4.93. The van der Waals surface area contributed by atoms with Crippen LogP contribution in [-0.4, -0.2) is 23.8 Å². The van der Waals surface area contributed by atoms with E-state index < -0.39 is 11.8 Å². The van der Waals surface area contributed by atoms with Crippen LogP contribution in [0.25, 0.3) is 0 Å². The van der Waals surface area contributed by atoms with Gasteiger partial charge in [0.25, 0.3) is 11.8 Å². The number of carbonyl (C=O) groups excluding carboxylic acids is 2. The molecule has 0 aromatic heterocycles. The molecule has 0 bridgehead atoms. The van der Waals surface area contributed by atoms with Gasteiger partial charge in [-0.1, -0.05) is 23.7 Å². The van der Waals surface area contributed by atoms with E-state index >= 15 is 0 Å². The predicted octanol–water partition coefficient (Wildman–Crippen LogP) is 2.73. The highest BCUT2D eigenvalue weighted by molar-refractivity contribution is 6.37. The molecule has 0 saturated carbocycles. The van der Waals surface area contributed by atoms with Crippen LogP contribution in [0.3, 0.4) is 0 Å². The molecule has 0 atom stereocenters. The van der Waals surface area contributed by atoms with Crippen molar-refractivity contribution in [3.63, 3.8) is 0 Å². The number of benzene rings is 2. The van der Waals surface area contributed by atoms with Crippen LogP contribution in [0.4, 0.5) is 5.69 Å². The van der Waals surface area contributed by atoms with Crippen molar-refractivity contribution in [1.82, 2.24) is 4.90 Å². The minimum atomic E-state index is -0.430. The summed E-state index contributed by atoms with van der Waals surface area (Å²) < 4.78 is 5.14. The topological polar surface area (TPSA) is 72.6 Å². The van der Waals surface area contributed by atoms with Gasteiger partial charge >= 0.3 is 0 Å². The third-order valence-electron chi connectivity index (χ3n) is 3.58. The van der Waals surface area contributed by atoms with Crippen LogP contribution >= 0.6 is 11.6 Å². The fraction of sp³-hybridized carbons (Fsp3) is 0.125. The van der Waals surface area contributed by atoms with Crippen LogP contribution in [-0.2, 0) is 6.54 Å². The van der Waals surface area contributed by atoms with Crippen molar-refractivity contribution >= 4 is 29.1 Å². The van der Waals surface area contributed by atoms with E-state index in [9.17, 15) is 9.59 Å². The van der Waals surface area contributed by atoms with Gasteiger partial charge in [0.05, 0.1) is 29.8 Å². The number of imide groups is 1. The lowest BCUT2D eigenvalue weighted by Gasteiger charge is -2.14. The molecule has 2 aromatic carbocycles. The van der Waals surface area contributed by atoms with Crippen LogP contribution in [0.1, 0.15) is 26.3 Å². The van der Waals surface area contributed by atoms with Gasteiger partial charge in [-0.05, 0) is 29.8 Å². The third-order valence-corrected chi connectivity index (χ3v) is 3.89. The number of nitrogen functional groups attached to an aromatic ring is 1. The molecular formula is C16H13ClN2O3. The van der Waals surface area contributed by atoms with Crippen molar-refractivity contribution in [3.8, 4) is 5.75 Å². The van der Waals surface area contributed by atoms with Crippen LogP contribution in [0.15, 0.2) is 36.4 Å². The standard InChI is InChI=1S/C16H13ClN2O3/c1-22-10-4-2-3-9(7-10)8-19-15(20)13-11(17)5-6-12(18)14(13)16(19)21/h2-7H,8,18H2,1H3. The minimum absolute atomic E-state index is 0.138. The van der Waals surface area contributed by atoms with E-state index in [1.165, 1.54) is 12.1 Å². The zero-order valence-electron chi connectivity index (χ0n) is 11.8. The molecule has 0 unspecified atom stereocenters. The molecule has 3 rings (SSSR count). The van der Waals surface area contributed by atoms with Gasteiger partial charge in [0.1, 0.15) is 5.75 Å². The molecule has 2 aromatic rings. The number of carbonyl (C=O) groups is 2. The molecule has 1 aliphatic rings. The van der Waals surface area contributed by atoms with E-state index in [2.05, 4.69) is 0 Å². The van der Waals surface area contributed by atoms with Crippen molar-refractivity contribution in [2.45, 2.75) is 6.54 Å².